The first-order chi connectivity index (χ1) is 15.0. The lowest BCUT2D eigenvalue weighted by Crippen LogP contribution is -2.46. The van der Waals surface area contributed by atoms with Gasteiger partial charge in [-0.2, -0.15) is 0 Å². The summed E-state index contributed by atoms with van der Waals surface area (Å²) in [5.41, 5.74) is 3.08. The summed E-state index contributed by atoms with van der Waals surface area (Å²) in [7, 11) is 0. The molecule has 1 aromatic carbocycles. The van der Waals surface area contributed by atoms with Gasteiger partial charge in [0.05, 0.1) is 16.2 Å². The van der Waals surface area contributed by atoms with Crippen LogP contribution in [0.2, 0.25) is 5.02 Å². The van der Waals surface area contributed by atoms with Crippen molar-refractivity contribution in [2.75, 3.05) is 26.2 Å². The number of nitrogens with one attached hydrogen (secondary N) is 1. The van der Waals surface area contributed by atoms with E-state index < -0.39 is 5.97 Å². The number of aromatic nitrogens is 2. The predicted molar refractivity (Wildman–Crippen MR) is 121 cm³/mol. The maximum Gasteiger partial charge on any atom is 0.303 e. The average molecular weight is 441 g/mol. The average Bonchev–Trinajstić information content (AvgIpc) is 2.79. The van der Waals surface area contributed by atoms with E-state index in [0.29, 0.717) is 17.0 Å². The maximum absolute atomic E-state index is 12.7. The van der Waals surface area contributed by atoms with Crippen LogP contribution in [0.25, 0.3) is 22.2 Å². The molecule has 1 aliphatic heterocycles. The van der Waals surface area contributed by atoms with E-state index in [4.69, 9.17) is 21.7 Å². The van der Waals surface area contributed by atoms with Crippen LogP contribution in [0.5, 0.6) is 0 Å². The number of piperazine rings is 1. The number of halogens is 1. The Kier molecular flexibility index (Phi) is 7.92. The molecule has 1 amide bonds. The van der Waals surface area contributed by atoms with Crippen molar-refractivity contribution in [3.05, 3.63) is 59.4 Å². The van der Waals surface area contributed by atoms with Crippen molar-refractivity contribution in [1.29, 1.82) is 0 Å². The summed E-state index contributed by atoms with van der Waals surface area (Å²) in [5.74, 6) is -0.673. The van der Waals surface area contributed by atoms with Gasteiger partial charge in [-0.3, -0.25) is 14.6 Å². The van der Waals surface area contributed by atoms with Crippen LogP contribution in [0.15, 0.2) is 48.8 Å². The molecule has 1 fully saturated rings. The molecule has 4 rings (SSSR count). The molecule has 162 valence electrons. The molecule has 2 N–H and O–H groups in total. The van der Waals surface area contributed by atoms with E-state index in [0.717, 1.165) is 54.8 Å². The Labute approximate surface area is 186 Å². The van der Waals surface area contributed by atoms with E-state index in [2.05, 4.69) is 10.3 Å². The lowest BCUT2D eigenvalue weighted by molar-refractivity contribution is -0.137. The monoisotopic (exact) mass is 440 g/mol. The third-order valence-electron chi connectivity index (χ3n) is 4.85. The largest absolute Gasteiger partial charge is 0.481 e. The lowest BCUT2D eigenvalue weighted by Gasteiger charge is -2.27. The molecule has 0 bridgehead atoms. The molecule has 31 heavy (non-hydrogen) atoms. The first-order valence-electron chi connectivity index (χ1n) is 10.2. The van der Waals surface area contributed by atoms with E-state index >= 15 is 0 Å². The molecule has 0 atom stereocenters. The van der Waals surface area contributed by atoms with E-state index in [1.807, 2.05) is 48.2 Å². The van der Waals surface area contributed by atoms with Gasteiger partial charge >= 0.3 is 5.97 Å². The summed E-state index contributed by atoms with van der Waals surface area (Å²) in [6, 6.07) is 11.1. The third-order valence-corrected chi connectivity index (χ3v) is 5.16. The Balaban J connectivity index is 0.000000401. The molecule has 0 saturated carbocycles. The highest BCUT2D eigenvalue weighted by atomic mass is 35.5. The van der Waals surface area contributed by atoms with E-state index in [9.17, 15) is 9.59 Å². The minimum atomic E-state index is -0.711. The molecule has 1 saturated heterocycles. The lowest BCUT2D eigenvalue weighted by atomic mass is 10.1. The van der Waals surface area contributed by atoms with Crippen molar-refractivity contribution in [1.82, 2.24) is 20.2 Å². The van der Waals surface area contributed by atoms with Gasteiger partial charge in [0.2, 0.25) is 0 Å². The van der Waals surface area contributed by atoms with Gasteiger partial charge in [0, 0.05) is 61.5 Å². The Morgan fingerprint density at radius 3 is 2.45 bits per heavy atom. The SMILES string of the molecule is CCCC(=O)O.O=C(c1ccc2c(Cl)cc(-c3ccncc3)nc2c1)N1CCNCC1. The summed E-state index contributed by atoms with van der Waals surface area (Å²) in [4.78, 5) is 32.9. The highest BCUT2D eigenvalue weighted by Crippen LogP contribution is 2.28. The first kappa shape index (κ1) is 22.7. The number of pyridine rings is 2. The number of hydrogen-bond donors (Lipinski definition) is 2. The molecule has 2 aromatic heterocycles. The second-order valence-corrected chi connectivity index (χ2v) is 7.55. The number of carboxylic acid groups (broad SMARTS) is 1. The van der Waals surface area contributed by atoms with E-state index in [-0.39, 0.29) is 5.91 Å². The molecule has 0 aliphatic carbocycles. The minimum Gasteiger partial charge on any atom is -0.481 e. The van der Waals surface area contributed by atoms with Gasteiger partial charge in [0.1, 0.15) is 0 Å². The Morgan fingerprint density at radius 2 is 1.84 bits per heavy atom. The summed E-state index contributed by atoms with van der Waals surface area (Å²) >= 11 is 6.43. The molecular formula is C23H25ClN4O3. The smallest absolute Gasteiger partial charge is 0.303 e. The molecule has 3 heterocycles. The Morgan fingerprint density at radius 1 is 1.13 bits per heavy atom. The molecule has 0 unspecified atom stereocenters. The van der Waals surface area contributed by atoms with Crippen molar-refractivity contribution in [3.8, 4) is 11.3 Å². The molecular weight excluding hydrogens is 416 g/mol. The van der Waals surface area contributed by atoms with Crippen LogP contribution in [0, 0.1) is 0 Å². The van der Waals surface area contributed by atoms with Crippen LogP contribution in [0.3, 0.4) is 0 Å². The normalized spacial score (nSPS) is 13.4. The van der Waals surface area contributed by atoms with Crippen molar-refractivity contribution < 1.29 is 14.7 Å². The third kappa shape index (κ3) is 5.99. The number of carbonyl (C=O) groups is 2. The number of carbonyl (C=O) groups excluding carboxylic acids is 1. The van der Waals surface area contributed by atoms with Crippen molar-refractivity contribution in [3.63, 3.8) is 0 Å². The molecule has 1 aliphatic rings. The fourth-order valence-electron chi connectivity index (χ4n) is 3.25. The number of fused-ring (bicyclic) bond motifs is 1. The summed E-state index contributed by atoms with van der Waals surface area (Å²) in [6.07, 6.45) is 4.47. The fraction of sp³-hybridized carbons (Fsp3) is 0.304. The number of aliphatic carboxylic acids is 1. The zero-order valence-corrected chi connectivity index (χ0v) is 18.1. The highest BCUT2D eigenvalue weighted by molar-refractivity contribution is 6.35. The highest BCUT2D eigenvalue weighted by Gasteiger charge is 2.18. The first-order valence-corrected chi connectivity index (χ1v) is 10.6. The number of hydrogen-bond acceptors (Lipinski definition) is 5. The standard InChI is InChI=1S/C19H17ClN4O.C4H8O2/c20-16-12-17(13-3-5-21-6-4-13)23-18-11-14(1-2-15(16)18)19(25)24-9-7-22-8-10-24;1-2-3-4(5)6/h1-6,11-12,22H,7-10H2;2-3H2,1H3,(H,5,6). The predicted octanol–water partition coefficient (Wildman–Crippen LogP) is 3.87. The van der Waals surface area contributed by atoms with Crippen molar-refractivity contribution >= 4 is 34.4 Å². The van der Waals surface area contributed by atoms with Crippen LogP contribution >= 0.6 is 11.6 Å². The molecule has 3 aromatic rings. The second-order valence-electron chi connectivity index (χ2n) is 7.14. The maximum atomic E-state index is 12.7. The Bertz CT molecular complexity index is 1050. The van der Waals surface area contributed by atoms with Gasteiger partial charge in [-0.25, -0.2) is 4.98 Å². The molecule has 8 heteroatoms. The molecule has 0 spiro atoms. The summed E-state index contributed by atoms with van der Waals surface area (Å²) in [6.45, 7) is 4.95. The Hall–Kier alpha value is -3.03. The zero-order chi connectivity index (χ0) is 22.2. The zero-order valence-electron chi connectivity index (χ0n) is 17.3. The topological polar surface area (TPSA) is 95.4 Å². The van der Waals surface area contributed by atoms with Crippen molar-refractivity contribution in [2.24, 2.45) is 0 Å². The van der Waals surface area contributed by atoms with Gasteiger partial charge in [0.15, 0.2) is 0 Å². The number of amides is 1. The van der Waals surface area contributed by atoms with Crippen LogP contribution in [-0.4, -0.2) is 58.0 Å². The van der Waals surface area contributed by atoms with Gasteiger partial charge in [0.25, 0.3) is 5.91 Å². The van der Waals surface area contributed by atoms with Gasteiger partial charge in [-0.15, -0.1) is 0 Å². The van der Waals surface area contributed by atoms with Crippen LogP contribution in [-0.2, 0) is 4.79 Å². The fourth-order valence-corrected chi connectivity index (χ4v) is 3.52. The van der Waals surface area contributed by atoms with Gasteiger partial charge < -0.3 is 15.3 Å². The van der Waals surface area contributed by atoms with Gasteiger partial charge in [-0.1, -0.05) is 24.6 Å². The number of benzene rings is 1. The summed E-state index contributed by atoms with van der Waals surface area (Å²) < 4.78 is 0. The molecule has 7 nitrogen and oxygen atoms in total. The number of nitrogens with zero attached hydrogens (tertiary/aromatic N) is 3. The quantitative estimate of drug-likeness (QED) is 0.639. The summed E-state index contributed by atoms with van der Waals surface area (Å²) in [5, 5.41) is 12.6. The van der Waals surface area contributed by atoms with Crippen LogP contribution in [0.1, 0.15) is 30.1 Å². The van der Waals surface area contributed by atoms with E-state index in [1.54, 1.807) is 12.4 Å². The minimum absolute atomic E-state index is 0.0376. The number of carboxylic acids is 1. The van der Waals surface area contributed by atoms with Crippen LogP contribution < -0.4 is 5.32 Å². The van der Waals surface area contributed by atoms with E-state index in [1.165, 1.54) is 0 Å². The van der Waals surface area contributed by atoms with Gasteiger partial charge in [-0.05, 0) is 36.8 Å². The second kappa shape index (κ2) is 10.8. The van der Waals surface area contributed by atoms with Crippen LogP contribution in [0.4, 0.5) is 0 Å². The van der Waals surface area contributed by atoms with Crippen molar-refractivity contribution in [2.45, 2.75) is 19.8 Å². The number of rotatable bonds is 4. The molecule has 0 radical (unpaired) electrons.